The molecule has 2 aromatic rings. The molecule has 2 amide bonds. The molecule has 4 rings (SSSR count). The molecule has 17 heteroatoms. The summed E-state index contributed by atoms with van der Waals surface area (Å²) in [5.41, 5.74) is -2.24. The fraction of sp³-hybridized carbons (Fsp3) is 0.610. The Balaban J connectivity index is 1.59. The molecule has 2 aliphatic heterocycles. The first kappa shape index (κ1) is 46.7. The van der Waals surface area contributed by atoms with Crippen LogP contribution >= 0.6 is 0 Å². The summed E-state index contributed by atoms with van der Waals surface area (Å²) in [6, 6.07) is 18.2. The van der Waals surface area contributed by atoms with Gasteiger partial charge in [-0.15, -0.1) is 0 Å². The fourth-order valence-corrected chi connectivity index (χ4v) is 8.01. The maximum Gasteiger partial charge on any atom is 0.457 e. The highest BCUT2D eigenvalue weighted by Gasteiger charge is 2.58. The number of ether oxygens (including phenoxy) is 3. The molecule has 0 aromatic heterocycles. The molecule has 2 saturated heterocycles. The molecule has 0 bridgehead atoms. The molecule has 2 aromatic carbocycles. The monoisotopic (exact) mass is 828 g/mol. The first-order valence-corrected chi connectivity index (χ1v) is 21.3. The number of amides is 2. The third-order valence-electron chi connectivity index (χ3n) is 10.7. The number of nitrogens with one attached hydrogen (secondary N) is 3. The maximum atomic E-state index is 14.6. The van der Waals surface area contributed by atoms with E-state index >= 15 is 0 Å². The van der Waals surface area contributed by atoms with Gasteiger partial charge in [-0.25, -0.2) is 14.3 Å². The second-order valence-corrected chi connectivity index (χ2v) is 18.9. The van der Waals surface area contributed by atoms with Gasteiger partial charge in [0.05, 0.1) is 17.6 Å². The lowest BCUT2D eigenvalue weighted by atomic mass is 9.77. The van der Waals surface area contributed by atoms with Crippen LogP contribution in [0.25, 0.3) is 0 Å². The van der Waals surface area contributed by atoms with E-state index in [-0.39, 0.29) is 39.1 Å². The molecule has 0 aliphatic carbocycles. The minimum absolute atomic E-state index is 0.0274. The number of rotatable bonds is 18. The zero-order chi connectivity index (χ0) is 42.9. The average Bonchev–Trinajstić information content (AvgIpc) is 3.61. The summed E-state index contributed by atoms with van der Waals surface area (Å²) in [5, 5.41) is 5.42. The van der Waals surface area contributed by atoms with E-state index in [1.807, 2.05) is 76.2 Å². The molecule has 0 radical (unpaired) electrons. The highest BCUT2D eigenvalue weighted by molar-refractivity contribution is 7.87. The van der Waals surface area contributed by atoms with Gasteiger partial charge in [-0.1, -0.05) is 74.0 Å². The third-order valence-corrected chi connectivity index (χ3v) is 12.2. The lowest BCUT2D eigenvalue weighted by molar-refractivity contribution is -0.160. The summed E-state index contributed by atoms with van der Waals surface area (Å²) in [5.74, 6) is -3.80. The summed E-state index contributed by atoms with van der Waals surface area (Å²) in [7, 11) is -4.82. The van der Waals surface area contributed by atoms with Gasteiger partial charge in [0.2, 0.25) is 5.91 Å². The maximum absolute atomic E-state index is 14.6. The van der Waals surface area contributed by atoms with Crippen molar-refractivity contribution in [3.05, 3.63) is 71.8 Å². The van der Waals surface area contributed by atoms with Crippen LogP contribution in [0.5, 0.6) is 0 Å². The lowest BCUT2D eigenvalue weighted by Crippen LogP contribution is -2.62. The molecule has 2 heterocycles. The van der Waals surface area contributed by atoms with Crippen LogP contribution in [0.1, 0.15) is 98.8 Å². The predicted octanol–water partition coefficient (Wildman–Crippen LogP) is 5.08. The Morgan fingerprint density at radius 3 is 2.14 bits per heavy atom. The molecule has 2 fully saturated rings. The summed E-state index contributed by atoms with van der Waals surface area (Å²) < 4.78 is 60.5. The van der Waals surface area contributed by atoms with Crippen LogP contribution in [0.3, 0.4) is 0 Å². The third kappa shape index (κ3) is 12.7. The predicted molar refractivity (Wildman–Crippen MR) is 218 cm³/mol. The molecule has 320 valence electrons. The van der Waals surface area contributed by atoms with Crippen LogP contribution in [-0.4, -0.2) is 92.3 Å². The van der Waals surface area contributed by atoms with Crippen molar-refractivity contribution in [1.29, 1.82) is 0 Å². The first-order valence-electron chi connectivity index (χ1n) is 19.9. The van der Waals surface area contributed by atoms with Crippen LogP contribution in [-0.2, 0) is 54.7 Å². The van der Waals surface area contributed by atoms with E-state index < -0.39 is 88.1 Å². The minimum atomic E-state index is -4.28. The number of benzene rings is 2. The Morgan fingerprint density at radius 1 is 0.931 bits per heavy atom. The highest BCUT2D eigenvalue weighted by Crippen LogP contribution is 2.40. The summed E-state index contributed by atoms with van der Waals surface area (Å²) in [6.07, 6.45) is -0.577. The van der Waals surface area contributed by atoms with E-state index in [2.05, 4.69) is 15.4 Å². The molecule has 15 nitrogen and oxygen atoms in total. The van der Waals surface area contributed by atoms with Crippen LogP contribution in [0.2, 0.25) is 6.32 Å². The largest absolute Gasteiger partial charge is 0.461 e. The van der Waals surface area contributed by atoms with Crippen molar-refractivity contribution in [2.75, 3.05) is 26.2 Å². The van der Waals surface area contributed by atoms with Gasteiger partial charge in [-0.2, -0.15) is 12.7 Å². The van der Waals surface area contributed by atoms with E-state index in [9.17, 15) is 27.6 Å². The number of hydrogen-bond acceptors (Lipinski definition) is 11. The second-order valence-electron chi connectivity index (χ2n) is 17.1. The molecule has 2 aliphatic rings. The van der Waals surface area contributed by atoms with Crippen LogP contribution < -0.4 is 15.4 Å². The molecule has 0 saturated carbocycles. The Hall–Kier alpha value is -4.03. The molecule has 58 heavy (non-hydrogen) atoms. The van der Waals surface area contributed by atoms with Crippen LogP contribution in [0, 0.1) is 11.8 Å². The Kier molecular flexibility index (Phi) is 15.6. The molecule has 3 N–H and O–H groups in total. The van der Waals surface area contributed by atoms with Gasteiger partial charge in [0.25, 0.3) is 10.2 Å². The van der Waals surface area contributed by atoms with Crippen LogP contribution in [0.4, 0.5) is 4.79 Å². The summed E-state index contributed by atoms with van der Waals surface area (Å²) >= 11 is 0. The Morgan fingerprint density at radius 2 is 1.53 bits per heavy atom. The smallest absolute Gasteiger partial charge is 0.457 e. The van der Waals surface area contributed by atoms with Crippen molar-refractivity contribution < 1.29 is 51.1 Å². The van der Waals surface area contributed by atoms with Gasteiger partial charge in [-0.05, 0) is 79.3 Å². The second kappa shape index (κ2) is 19.4. The molecular formula is C41H61BN4O11S. The van der Waals surface area contributed by atoms with Gasteiger partial charge in [0, 0.05) is 38.0 Å². The number of carbonyl (C=O) groups excluding carboxylic acids is 4. The molecular weight excluding hydrogens is 767 g/mol. The van der Waals surface area contributed by atoms with Crippen molar-refractivity contribution in [3.63, 3.8) is 0 Å². The Labute approximate surface area is 343 Å². The lowest BCUT2D eigenvalue weighted by Gasteiger charge is -2.35. The van der Waals surface area contributed by atoms with Gasteiger partial charge in [0.15, 0.2) is 5.54 Å². The van der Waals surface area contributed by atoms with Crippen LogP contribution in [0.15, 0.2) is 60.7 Å². The average molecular weight is 829 g/mol. The van der Waals surface area contributed by atoms with E-state index in [1.165, 1.54) is 0 Å². The number of nitrogens with zero attached hydrogens (tertiary/aromatic N) is 1. The Bertz CT molecular complexity index is 1810. The number of hydrogen-bond donors (Lipinski definition) is 3. The number of alkyl carbamates (subject to hydrolysis) is 1. The van der Waals surface area contributed by atoms with Crippen molar-refractivity contribution in [1.82, 2.24) is 19.7 Å². The SMILES string of the molecule is C[C@H](CC(=O)OCc1ccccc1)C(=O)N[C@@]1(C(=O)O[C@H](C)c2ccccc2)CN(S(=O)(=O)NCCNC(=O)OC(C)(C)C)C[C@@H]1CCCB1OC(C)(C)C(C)(C)O1. The molecule has 0 unspecified atom stereocenters. The summed E-state index contributed by atoms with van der Waals surface area (Å²) in [4.78, 5) is 53.8. The highest BCUT2D eigenvalue weighted by atomic mass is 32.2. The van der Waals surface area contributed by atoms with E-state index in [1.54, 1.807) is 46.8 Å². The van der Waals surface area contributed by atoms with Gasteiger partial charge >= 0.3 is 25.2 Å². The van der Waals surface area contributed by atoms with Crippen molar-refractivity contribution in [2.24, 2.45) is 11.8 Å². The van der Waals surface area contributed by atoms with Crippen molar-refractivity contribution in [2.45, 2.75) is 123 Å². The normalized spacial score (nSPS) is 21.5. The van der Waals surface area contributed by atoms with Gasteiger partial charge in [0.1, 0.15) is 18.3 Å². The standard InChI is InChI=1S/C41H61BN4O11S/c1-29(25-34(47)53-27-31-17-12-10-13-18-31)35(48)45-41(36(49)54-30(2)32-19-14-11-15-20-32)28-46(58(51,52)44-24-23-43-37(50)55-38(3,4)5)26-33(41)21-16-22-42-56-39(6,7)40(8,9)57-42/h10-15,17-20,29-30,33,44H,16,21-28H2,1-9H3,(H,43,50)(H,45,48)/t29-,30-,33+,41+/m1/s1. The fourth-order valence-electron chi connectivity index (χ4n) is 6.72. The summed E-state index contributed by atoms with van der Waals surface area (Å²) in [6.45, 7) is 15.3. The van der Waals surface area contributed by atoms with Crippen molar-refractivity contribution in [3.8, 4) is 0 Å². The number of esters is 2. The van der Waals surface area contributed by atoms with Gasteiger partial charge in [-0.3, -0.25) is 9.59 Å². The zero-order valence-corrected chi connectivity index (χ0v) is 36.1. The molecule has 4 atom stereocenters. The van der Waals surface area contributed by atoms with Gasteiger partial charge < -0.3 is 34.2 Å². The van der Waals surface area contributed by atoms with E-state index in [4.69, 9.17) is 23.5 Å². The topological polar surface area (TPSA) is 188 Å². The van der Waals surface area contributed by atoms with E-state index in [0.29, 0.717) is 18.3 Å². The molecule has 0 spiro atoms. The van der Waals surface area contributed by atoms with Crippen molar-refractivity contribution >= 4 is 41.3 Å². The zero-order valence-electron chi connectivity index (χ0n) is 35.3. The number of carbonyl (C=O) groups is 4. The minimum Gasteiger partial charge on any atom is -0.461 e. The first-order chi connectivity index (χ1) is 27.0. The quantitative estimate of drug-likeness (QED) is 0.0788. The van der Waals surface area contributed by atoms with E-state index in [0.717, 1.165) is 9.87 Å².